The first-order valence-corrected chi connectivity index (χ1v) is 8.43. The van der Waals surface area contributed by atoms with Crippen molar-refractivity contribution in [3.8, 4) is 11.5 Å². The second-order valence-corrected chi connectivity index (χ2v) is 6.08. The number of amides is 2. The van der Waals surface area contributed by atoms with Crippen molar-refractivity contribution in [2.75, 3.05) is 25.4 Å². The molecule has 1 heterocycles. The number of nitrogens with one attached hydrogen (secondary N) is 1. The number of urea groups is 1. The summed E-state index contributed by atoms with van der Waals surface area (Å²) in [6.07, 6.45) is 2.04. The Labute approximate surface area is 139 Å². The van der Waals surface area contributed by atoms with Gasteiger partial charge >= 0.3 is 6.03 Å². The van der Waals surface area contributed by atoms with Gasteiger partial charge in [-0.3, -0.25) is 0 Å². The quantitative estimate of drug-likeness (QED) is 0.866. The molecule has 1 aliphatic heterocycles. The highest BCUT2D eigenvalue weighted by atomic mass is 32.2. The van der Waals surface area contributed by atoms with Crippen molar-refractivity contribution in [3.05, 3.63) is 48.0 Å². The second kappa shape index (κ2) is 6.83. The van der Waals surface area contributed by atoms with E-state index in [2.05, 4.69) is 17.4 Å². The molecule has 2 amide bonds. The Balaban J connectivity index is 1.60. The third-order valence-corrected chi connectivity index (χ3v) is 4.29. The van der Waals surface area contributed by atoms with Crippen LogP contribution < -0.4 is 14.8 Å². The van der Waals surface area contributed by atoms with Crippen LogP contribution in [0.1, 0.15) is 5.56 Å². The number of hydrogen-bond donors (Lipinski definition) is 1. The van der Waals surface area contributed by atoms with Gasteiger partial charge in [-0.15, -0.1) is 11.8 Å². The summed E-state index contributed by atoms with van der Waals surface area (Å²) in [7, 11) is 1.77. The molecule has 120 valence electrons. The molecule has 0 bridgehead atoms. The molecule has 0 radical (unpaired) electrons. The van der Waals surface area contributed by atoms with Crippen molar-refractivity contribution >= 4 is 23.5 Å². The minimum absolute atomic E-state index is 0.169. The molecular weight excluding hydrogens is 312 g/mol. The fourth-order valence-corrected chi connectivity index (χ4v) is 2.68. The first-order chi connectivity index (χ1) is 11.2. The average Bonchev–Trinajstić information content (AvgIpc) is 3.03. The Morgan fingerprint density at radius 2 is 1.91 bits per heavy atom. The third kappa shape index (κ3) is 3.71. The van der Waals surface area contributed by atoms with Crippen molar-refractivity contribution in [3.63, 3.8) is 0 Å². The summed E-state index contributed by atoms with van der Waals surface area (Å²) in [5.41, 5.74) is 1.77. The number of rotatable bonds is 4. The molecule has 0 unspecified atom stereocenters. The Morgan fingerprint density at radius 3 is 2.65 bits per heavy atom. The number of fused-ring (bicyclic) bond motifs is 1. The summed E-state index contributed by atoms with van der Waals surface area (Å²) >= 11 is 1.70. The number of anilines is 1. The topological polar surface area (TPSA) is 50.8 Å². The highest BCUT2D eigenvalue weighted by Crippen LogP contribution is 2.34. The normalized spacial score (nSPS) is 12.1. The van der Waals surface area contributed by atoms with Crippen LogP contribution in [0.5, 0.6) is 11.5 Å². The van der Waals surface area contributed by atoms with E-state index in [0.717, 1.165) is 5.56 Å². The predicted molar refractivity (Wildman–Crippen MR) is 91.3 cm³/mol. The number of nitrogens with zero attached hydrogens (tertiary/aromatic N) is 1. The maximum Gasteiger partial charge on any atom is 0.321 e. The number of carbonyl (C=O) groups is 1. The first-order valence-electron chi connectivity index (χ1n) is 7.20. The molecule has 0 aliphatic carbocycles. The molecule has 0 spiro atoms. The molecule has 0 fully saturated rings. The van der Waals surface area contributed by atoms with Gasteiger partial charge in [0.2, 0.25) is 6.79 Å². The van der Waals surface area contributed by atoms with E-state index in [4.69, 9.17) is 9.47 Å². The van der Waals surface area contributed by atoms with Gasteiger partial charge < -0.3 is 19.7 Å². The fraction of sp³-hybridized carbons (Fsp3) is 0.235. The highest BCUT2D eigenvalue weighted by Gasteiger charge is 2.15. The van der Waals surface area contributed by atoms with Gasteiger partial charge in [0.1, 0.15) is 0 Å². The summed E-state index contributed by atoms with van der Waals surface area (Å²) in [6, 6.07) is 13.4. The van der Waals surface area contributed by atoms with E-state index >= 15 is 0 Å². The van der Waals surface area contributed by atoms with Crippen molar-refractivity contribution in [1.82, 2.24) is 4.90 Å². The van der Waals surface area contributed by atoms with Crippen molar-refractivity contribution in [2.45, 2.75) is 11.4 Å². The van der Waals surface area contributed by atoms with E-state index in [0.29, 0.717) is 23.7 Å². The third-order valence-electron chi connectivity index (χ3n) is 3.55. The molecule has 2 aromatic rings. The molecule has 2 aromatic carbocycles. The summed E-state index contributed by atoms with van der Waals surface area (Å²) in [5.74, 6) is 1.35. The molecule has 0 aromatic heterocycles. The maximum atomic E-state index is 12.3. The molecule has 1 N–H and O–H groups in total. The molecule has 0 atom stereocenters. The van der Waals surface area contributed by atoms with Gasteiger partial charge in [0.15, 0.2) is 11.5 Å². The smallest absolute Gasteiger partial charge is 0.321 e. The summed E-state index contributed by atoms with van der Waals surface area (Å²) in [5, 5.41) is 2.86. The van der Waals surface area contributed by atoms with E-state index in [-0.39, 0.29) is 12.8 Å². The number of carbonyl (C=O) groups excluding carboxylic acids is 1. The number of hydrogen-bond acceptors (Lipinski definition) is 4. The first kappa shape index (κ1) is 15.6. The predicted octanol–water partition coefficient (Wildman–Crippen LogP) is 3.80. The summed E-state index contributed by atoms with van der Waals surface area (Å²) < 4.78 is 10.6. The van der Waals surface area contributed by atoms with Crippen LogP contribution in [0.3, 0.4) is 0 Å². The average molecular weight is 330 g/mol. The molecule has 6 heteroatoms. The molecule has 0 saturated carbocycles. The number of ether oxygens (including phenoxy) is 2. The van der Waals surface area contributed by atoms with Crippen LogP contribution in [0, 0.1) is 0 Å². The zero-order valence-electron chi connectivity index (χ0n) is 13.0. The van der Waals surface area contributed by atoms with Crippen LogP contribution in [0.4, 0.5) is 10.5 Å². The largest absolute Gasteiger partial charge is 0.454 e. The maximum absolute atomic E-state index is 12.3. The summed E-state index contributed by atoms with van der Waals surface area (Å²) in [4.78, 5) is 15.1. The number of thioether (sulfide) groups is 1. The molecular formula is C17H18N2O3S. The molecule has 1 aliphatic rings. The zero-order chi connectivity index (χ0) is 16.2. The minimum Gasteiger partial charge on any atom is -0.454 e. The standard InChI is InChI=1S/C17H18N2O3S/c1-19(10-12-3-6-14(23-2)7-4-12)17(20)18-13-5-8-15-16(9-13)22-11-21-15/h3-9H,10-11H2,1-2H3,(H,18,20). The van der Waals surface area contributed by atoms with E-state index in [1.807, 2.05) is 18.4 Å². The lowest BCUT2D eigenvalue weighted by Gasteiger charge is -2.18. The van der Waals surface area contributed by atoms with E-state index in [1.165, 1.54) is 4.90 Å². The van der Waals surface area contributed by atoms with E-state index in [9.17, 15) is 4.79 Å². The van der Waals surface area contributed by atoms with Crippen LogP contribution in [-0.2, 0) is 6.54 Å². The van der Waals surface area contributed by atoms with Gasteiger partial charge in [0, 0.05) is 30.2 Å². The van der Waals surface area contributed by atoms with Gasteiger partial charge in [0.25, 0.3) is 0 Å². The highest BCUT2D eigenvalue weighted by molar-refractivity contribution is 7.98. The van der Waals surface area contributed by atoms with Crippen LogP contribution >= 0.6 is 11.8 Å². The molecule has 5 nitrogen and oxygen atoms in total. The van der Waals surface area contributed by atoms with Crippen LogP contribution in [0.25, 0.3) is 0 Å². The lowest BCUT2D eigenvalue weighted by atomic mass is 10.2. The molecule has 23 heavy (non-hydrogen) atoms. The van der Waals surface area contributed by atoms with Crippen LogP contribution in [0.2, 0.25) is 0 Å². The van der Waals surface area contributed by atoms with Crippen LogP contribution in [0.15, 0.2) is 47.4 Å². The lowest BCUT2D eigenvalue weighted by molar-refractivity contribution is 0.174. The van der Waals surface area contributed by atoms with Crippen LogP contribution in [-0.4, -0.2) is 31.0 Å². The van der Waals surface area contributed by atoms with Gasteiger partial charge in [0.05, 0.1) is 0 Å². The SMILES string of the molecule is CSc1ccc(CN(C)C(=O)Nc2ccc3c(c2)OCO3)cc1. The Bertz CT molecular complexity index is 703. The minimum atomic E-state index is -0.169. The van der Waals surface area contributed by atoms with Gasteiger partial charge in [-0.05, 0) is 36.1 Å². The number of benzene rings is 2. The van der Waals surface area contributed by atoms with Gasteiger partial charge in [-0.2, -0.15) is 0 Å². The van der Waals surface area contributed by atoms with Gasteiger partial charge in [-0.1, -0.05) is 12.1 Å². The van der Waals surface area contributed by atoms with Crippen molar-refractivity contribution in [1.29, 1.82) is 0 Å². The van der Waals surface area contributed by atoms with Crippen molar-refractivity contribution in [2.24, 2.45) is 0 Å². The monoisotopic (exact) mass is 330 g/mol. The molecule has 0 saturated heterocycles. The van der Waals surface area contributed by atoms with Crippen molar-refractivity contribution < 1.29 is 14.3 Å². The lowest BCUT2D eigenvalue weighted by Crippen LogP contribution is -2.30. The summed E-state index contributed by atoms with van der Waals surface area (Å²) in [6.45, 7) is 0.768. The Kier molecular flexibility index (Phi) is 4.62. The van der Waals surface area contributed by atoms with E-state index in [1.54, 1.807) is 41.9 Å². The fourth-order valence-electron chi connectivity index (χ4n) is 2.27. The Morgan fingerprint density at radius 1 is 1.17 bits per heavy atom. The molecule has 3 rings (SSSR count). The van der Waals surface area contributed by atoms with Gasteiger partial charge in [-0.25, -0.2) is 4.79 Å². The second-order valence-electron chi connectivity index (χ2n) is 5.20. The zero-order valence-corrected chi connectivity index (χ0v) is 13.9. The Hall–Kier alpha value is -2.34. The van der Waals surface area contributed by atoms with E-state index < -0.39 is 0 Å².